The van der Waals surface area contributed by atoms with Crippen molar-refractivity contribution in [3.63, 3.8) is 0 Å². The van der Waals surface area contributed by atoms with E-state index in [-0.39, 0.29) is 5.82 Å². The van der Waals surface area contributed by atoms with Crippen LogP contribution >= 0.6 is 11.6 Å². The van der Waals surface area contributed by atoms with Gasteiger partial charge in [0, 0.05) is 31.1 Å². The van der Waals surface area contributed by atoms with E-state index in [1.807, 2.05) is 0 Å². The fourth-order valence-electron chi connectivity index (χ4n) is 2.88. The summed E-state index contributed by atoms with van der Waals surface area (Å²) in [4.78, 5) is 2.38. The molecule has 1 saturated heterocycles. The van der Waals surface area contributed by atoms with Crippen molar-refractivity contribution in [1.29, 1.82) is 0 Å². The van der Waals surface area contributed by atoms with Crippen LogP contribution in [0.15, 0.2) is 18.2 Å². The molecule has 2 nitrogen and oxygen atoms in total. The second-order valence-corrected chi connectivity index (χ2v) is 6.74. The molecule has 0 saturated carbocycles. The van der Waals surface area contributed by atoms with Crippen LogP contribution in [0.5, 0.6) is 0 Å². The molecule has 0 unspecified atom stereocenters. The molecule has 2 rings (SSSR count). The quantitative estimate of drug-likeness (QED) is 0.920. The van der Waals surface area contributed by atoms with Crippen LogP contribution in [-0.4, -0.2) is 35.2 Å². The van der Waals surface area contributed by atoms with E-state index < -0.39 is 5.60 Å². The molecule has 0 amide bonds. The first-order valence-corrected chi connectivity index (χ1v) is 7.64. The summed E-state index contributed by atoms with van der Waals surface area (Å²) in [6, 6.07) is 4.34. The summed E-state index contributed by atoms with van der Waals surface area (Å²) >= 11 is 6.09. The van der Waals surface area contributed by atoms with Crippen molar-refractivity contribution >= 4 is 11.6 Å². The van der Waals surface area contributed by atoms with Gasteiger partial charge in [0.2, 0.25) is 0 Å². The third kappa shape index (κ3) is 4.18. The van der Waals surface area contributed by atoms with Crippen LogP contribution in [0, 0.1) is 11.7 Å². The third-order valence-corrected chi connectivity index (χ3v) is 4.31. The van der Waals surface area contributed by atoms with E-state index in [0.29, 0.717) is 35.8 Å². The lowest BCUT2D eigenvalue weighted by atomic mass is 9.85. The van der Waals surface area contributed by atoms with Crippen LogP contribution in [0.2, 0.25) is 5.02 Å². The fourth-order valence-corrected chi connectivity index (χ4v) is 3.06. The fraction of sp³-hybridized carbons (Fsp3) is 0.625. The predicted octanol–water partition coefficient (Wildman–Crippen LogP) is 3.50. The average molecular weight is 300 g/mol. The highest BCUT2D eigenvalue weighted by Crippen LogP contribution is 2.29. The van der Waals surface area contributed by atoms with E-state index in [2.05, 4.69) is 18.7 Å². The van der Waals surface area contributed by atoms with Crippen molar-refractivity contribution in [3.05, 3.63) is 34.6 Å². The first-order valence-electron chi connectivity index (χ1n) is 7.27. The Balaban J connectivity index is 1.98. The van der Waals surface area contributed by atoms with Crippen molar-refractivity contribution in [2.45, 2.75) is 38.7 Å². The van der Waals surface area contributed by atoms with Gasteiger partial charge in [0.15, 0.2) is 0 Å². The Morgan fingerprint density at radius 3 is 2.60 bits per heavy atom. The zero-order chi connectivity index (χ0) is 14.8. The highest BCUT2D eigenvalue weighted by Gasteiger charge is 2.33. The zero-order valence-electron chi connectivity index (χ0n) is 12.2. The number of nitrogens with zero attached hydrogens (tertiary/aromatic N) is 1. The first-order chi connectivity index (χ1) is 9.38. The highest BCUT2D eigenvalue weighted by molar-refractivity contribution is 6.31. The second-order valence-electron chi connectivity index (χ2n) is 6.33. The molecular weight excluding hydrogens is 277 g/mol. The molecule has 0 aromatic heterocycles. The number of likely N-dealkylation sites (tertiary alicyclic amines) is 1. The number of piperidine rings is 1. The van der Waals surface area contributed by atoms with Gasteiger partial charge in [0.05, 0.1) is 5.60 Å². The lowest BCUT2D eigenvalue weighted by molar-refractivity contribution is -0.0227. The molecule has 0 bridgehead atoms. The Labute approximate surface area is 125 Å². The molecule has 20 heavy (non-hydrogen) atoms. The van der Waals surface area contributed by atoms with Gasteiger partial charge in [-0.25, -0.2) is 4.39 Å². The molecule has 1 N–H and O–H groups in total. The van der Waals surface area contributed by atoms with E-state index in [1.54, 1.807) is 6.07 Å². The monoisotopic (exact) mass is 299 g/mol. The number of benzene rings is 1. The lowest BCUT2D eigenvalue weighted by Gasteiger charge is -2.39. The maximum atomic E-state index is 13.3. The molecule has 0 atom stereocenters. The lowest BCUT2D eigenvalue weighted by Crippen LogP contribution is -2.46. The average Bonchev–Trinajstić information content (AvgIpc) is 2.36. The normalized spacial score (nSPS) is 19.5. The highest BCUT2D eigenvalue weighted by atomic mass is 35.5. The van der Waals surface area contributed by atoms with Crippen LogP contribution in [0.4, 0.5) is 4.39 Å². The summed E-state index contributed by atoms with van der Waals surface area (Å²) in [6.07, 6.45) is 1.86. The molecule has 1 fully saturated rings. The largest absolute Gasteiger partial charge is 0.389 e. The van der Waals surface area contributed by atoms with Crippen molar-refractivity contribution < 1.29 is 9.50 Å². The standard InChI is InChI=1S/C16H23ClFNO/c1-12(2)11-19-7-5-16(20,6-8-19)10-13-9-14(18)3-4-15(13)17/h3-4,9,12,20H,5-8,10-11H2,1-2H3. The number of halogens is 2. The second kappa shape index (κ2) is 6.42. The molecular formula is C16H23ClFNO. The Morgan fingerprint density at radius 2 is 2.00 bits per heavy atom. The number of hydrogen-bond acceptors (Lipinski definition) is 2. The number of hydrogen-bond donors (Lipinski definition) is 1. The molecule has 112 valence electrons. The van der Waals surface area contributed by atoms with Gasteiger partial charge in [-0.1, -0.05) is 25.4 Å². The van der Waals surface area contributed by atoms with Crippen molar-refractivity contribution in [2.75, 3.05) is 19.6 Å². The first kappa shape index (κ1) is 15.7. The summed E-state index contributed by atoms with van der Waals surface area (Å²) in [5.74, 6) is 0.337. The maximum Gasteiger partial charge on any atom is 0.123 e. The predicted molar refractivity (Wildman–Crippen MR) is 80.6 cm³/mol. The van der Waals surface area contributed by atoms with E-state index in [4.69, 9.17) is 11.6 Å². The molecule has 1 aliphatic rings. The number of rotatable bonds is 4. The Hall–Kier alpha value is -0.640. The van der Waals surface area contributed by atoms with Gasteiger partial charge in [-0.05, 0) is 42.5 Å². The van der Waals surface area contributed by atoms with Gasteiger partial charge >= 0.3 is 0 Å². The molecule has 1 heterocycles. The van der Waals surface area contributed by atoms with Gasteiger partial charge in [-0.15, -0.1) is 0 Å². The summed E-state index contributed by atoms with van der Waals surface area (Å²) in [6.45, 7) is 7.25. The topological polar surface area (TPSA) is 23.5 Å². The molecule has 0 aliphatic carbocycles. The van der Waals surface area contributed by atoms with Crippen LogP contribution in [0.1, 0.15) is 32.3 Å². The number of aliphatic hydroxyl groups is 1. The van der Waals surface area contributed by atoms with Crippen LogP contribution in [-0.2, 0) is 6.42 Å². The van der Waals surface area contributed by atoms with E-state index in [1.165, 1.54) is 12.1 Å². The van der Waals surface area contributed by atoms with E-state index >= 15 is 0 Å². The SMILES string of the molecule is CC(C)CN1CCC(O)(Cc2cc(F)ccc2Cl)CC1. The Morgan fingerprint density at radius 1 is 1.35 bits per heavy atom. The zero-order valence-corrected chi connectivity index (χ0v) is 13.0. The summed E-state index contributed by atoms with van der Waals surface area (Å²) in [5.41, 5.74) is -0.0586. The maximum absolute atomic E-state index is 13.3. The summed E-state index contributed by atoms with van der Waals surface area (Å²) in [5, 5.41) is 11.2. The molecule has 1 aromatic carbocycles. The molecule has 1 aliphatic heterocycles. The minimum atomic E-state index is -0.759. The van der Waals surface area contributed by atoms with Gasteiger partial charge in [-0.2, -0.15) is 0 Å². The molecule has 0 spiro atoms. The van der Waals surface area contributed by atoms with Gasteiger partial charge in [0.25, 0.3) is 0 Å². The minimum absolute atomic E-state index is 0.301. The van der Waals surface area contributed by atoms with Crippen LogP contribution in [0.25, 0.3) is 0 Å². The third-order valence-electron chi connectivity index (χ3n) is 3.94. The summed E-state index contributed by atoms with van der Waals surface area (Å²) < 4.78 is 13.3. The van der Waals surface area contributed by atoms with Gasteiger partial charge in [0.1, 0.15) is 5.82 Å². The van der Waals surface area contributed by atoms with Gasteiger partial charge < -0.3 is 10.0 Å². The van der Waals surface area contributed by atoms with Crippen molar-refractivity contribution in [2.24, 2.45) is 5.92 Å². The summed E-state index contributed by atoms with van der Waals surface area (Å²) in [7, 11) is 0. The van der Waals surface area contributed by atoms with Crippen molar-refractivity contribution in [3.8, 4) is 0 Å². The molecule has 4 heteroatoms. The Bertz CT molecular complexity index is 456. The van der Waals surface area contributed by atoms with Crippen LogP contribution < -0.4 is 0 Å². The molecule has 1 aromatic rings. The Kier molecular flexibility index (Phi) is 5.05. The smallest absolute Gasteiger partial charge is 0.123 e. The van der Waals surface area contributed by atoms with Crippen LogP contribution in [0.3, 0.4) is 0 Å². The van der Waals surface area contributed by atoms with Crippen molar-refractivity contribution in [1.82, 2.24) is 4.90 Å². The van der Waals surface area contributed by atoms with E-state index in [0.717, 1.165) is 19.6 Å². The molecule has 0 radical (unpaired) electrons. The van der Waals surface area contributed by atoms with Gasteiger partial charge in [-0.3, -0.25) is 0 Å². The minimum Gasteiger partial charge on any atom is -0.389 e. The van der Waals surface area contributed by atoms with E-state index in [9.17, 15) is 9.50 Å².